The monoisotopic (exact) mass is 254 g/mol. The molecule has 1 aromatic heterocycles. The van der Waals surface area contributed by atoms with Crippen LogP contribution in [0.1, 0.15) is 18.2 Å². The summed E-state index contributed by atoms with van der Waals surface area (Å²) in [5.74, 6) is -0.0145. The van der Waals surface area contributed by atoms with E-state index in [-0.39, 0.29) is 29.4 Å². The summed E-state index contributed by atoms with van der Waals surface area (Å²) in [6, 6.07) is 1.27. The lowest BCUT2D eigenvalue weighted by Crippen LogP contribution is -2.37. The second kappa shape index (κ2) is 5.76. The molecule has 0 bridgehead atoms. The Labute approximate surface area is 103 Å². The van der Waals surface area contributed by atoms with E-state index < -0.39 is 11.7 Å². The van der Waals surface area contributed by atoms with Crippen molar-refractivity contribution in [3.63, 3.8) is 0 Å². The van der Waals surface area contributed by atoms with Crippen LogP contribution in [0, 0.1) is 6.92 Å². The third kappa shape index (κ3) is 3.27. The Morgan fingerprint density at radius 2 is 2.22 bits per heavy atom. The minimum absolute atomic E-state index is 0.00527. The first-order valence-electron chi connectivity index (χ1n) is 5.17. The summed E-state index contributed by atoms with van der Waals surface area (Å²) in [5.41, 5.74) is 3.58. The number of hydrogen-bond acceptors (Lipinski definition) is 6. The van der Waals surface area contributed by atoms with Gasteiger partial charge in [0.25, 0.3) is 0 Å². The van der Waals surface area contributed by atoms with E-state index >= 15 is 0 Å². The summed E-state index contributed by atoms with van der Waals surface area (Å²) in [5, 5.41) is 9.61. The van der Waals surface area contributed by atoms with Gasteiger partial charge < -0.3 is 14.3 Å². The van der Waals surface area contributed by atoms with Gasteiger partial charge >= 0.3 is 11.7 Å². The van der Waals surface area contributed by atoms with Crippen molar-refractivity contribution < 1.29 is 19.1 Å². The van der Waals surface area contributed by atoms with E-state index in [9.17, 15) is 14.7 Å². The predicted octanol–water partition coefficient (Wildman–Crippen LogP) is 0.875. The van der Waals surface area contributed by atoms with E-state index in [0.717, 1.165) is 0 Å². The van der Waals surface area contributed by atoms with Crippen LogP contribution in [0.4, 0.5) is 4.79 Å². The lowest BCUT2D eigenvalue weighted by molar-refractivity contribution is 0.149. The first-order chi connectivity index (χ1) is 8.45. The maximum atomic E-state index is 11.5. The van der Waals surface area contributed by atoms with Crippen LogP contribution in [-0.4, -0.2) is 17.8 Å². The van der Waals surface area contributed by atoms with Crippen LogP contribution in [0.15, 0.2) is 21.9 Å². The average Bonchev–Trinajstić information content (AvgIpc) is 2.25. The Balaban J connectivity index is 2.80. The molecule has 0 fully saturated rings. The van der Waals surface area contributed by atoms with Crippen molar-refractivity contribution >= 4 is 11.8 Å². The van der Waals surface area contributed by atoms with Crippen molar-refractivity contribution in [2.24, 2.45) is 0 Å². The van der Waals surface area contributed by atoms with Crippen molar-refractivity contribution in [3.05, 3.63) is 34.4 Å². The highest BCUT2D eigenvalue weighted by molar-refractivity contribution is 5.71. The number of carbonyl (C=O) groups excluding carboxylic acids is 1. The van der Waals surface area contributed by atoms with Crippen molar-refractivity contribution in [1.82, 2.24) is 10.9 Å². The molecule has 18 heavy (non-hydrogen) atoms. The molecular weight excluding hydrogens is 240 g/mol. The fourth-order valence-electron chi connectivity index (χ4n) is 1.23. The summed E-state index contributed by atoms with van der Waals surface area (Å²) >= 11 is 0. The van der Waals surface area contributed by atoms with Crippen LogP contribution in [0.3, 0.4) is 0 Å². The Kier molecular flexibility index (Phi) is 4.36. The number of ether oxygens (including phenoxy) is 1. The first-order valence-corrected chi connectivity index (χ1v) is 5.17. The van der Waals surface area contributed by atoms with Crippen LogP contribution < -0.4 is 16.5 Å². The van der Waals surface area contributed by atoms with Crippen molar-refractivity contribution in [2.75, 3.05) is 6.61 Å². The van der Waals surface area contributed by atoms with E-state index in [4.69, 9.17) is 4.42 Å². The number of aryl methyl sites for hydroxylation is 1. The highest BCUT2D eigenvalue weighted by atomic mass is 16.5. The second-order valence-corrected chi connectivity index (χ2v) is 3.35. The normalized spacial score (nSPS) is 9.67. The van der Waals surface area contributed by atoms with Crippen molar-refractivity contribution in [2.45, 2.75) is 13.8 Å². The van der Waals surface area contributed by atoms with Gasteiger partial charge in [-0.05, 0) is 13.8 Å². The number of carbonyl (C=O) groups is 1. The van der Waals surface area contributed by atoms with Gasteiger partial charge in [-0.2, -0.15) is 0 Å². The summed E-state index contributed by atoms with van der Waals surface area (Å²) in [4.78, 5) is 22.5. The maximum Gasteiger partial charge on any atom is 0.425 e. The zero-order valence-electron chi connectivity index (χ0n) is 10.1. The summed E-state index contributed by atoms with van der Waals surface area (Å²) in [6.45, 7) is 6.89. The smallest absolute Gasteiger partial charge is 0.425 e. The highest BCUT2D eigenvalue weighted by Gasteiger charge is 2.13. The standard InChI is InChI=1S/C11H14N2O5/c1-4-17-11(16)13-12-7(3)9-8(14)5-6(2)18-10(9)15/h5,12,14H,3-4H2,1-2H3,(H,13,16). The van der Waals surface area contributed by atoms with Crippen LogP contribution >= 0.6 is 0 Å². The Morgan fingerprint density at radius 1 is 1.56 bits per heavy atom. The molecule has 0 atom stereocenters. The van der Waals surface area contributed by atoms with Gasteiger partial charge in [-0.15, -0.1) is 0 Å². The highest BCUT2D eigenvalue weighted by Crippen LogP contribution is 2.18. The molecule has 0 aliphatic carbocycles. The SMILES string of the molecule is C=C(NNC(=O)OCC)c1c(O)cc(C)oc1=O. The lowest BCUT2D eigenvalue weighted by atomic mass is 10.2. The molecule has 7 nitrogen and oxygen atoms in total. The molecule has 0 aliphatic heterocycles. The van der Waals surface area contributed by atoms with E-state index in [0.29, 0.717) is 0 Å². The Bertz CT molecular complexity index is 521. The number of hydrazine groups is 1. The number of aromatic hydroxyl groups is 1. The van der Waals surface area contributed by atoms with Gasteiger partial charge in [-0.25, -0.2) is 15.0 Å². The summed E-state index contributed by atoms with van der Waals surface area (Å²) in [6.07, 6.45) is -0.727. The van der Waals surface area contributed by atoms with Gasteiger partial charge in [-0.1, -0.05) is 6.58 Å². The topological polar surface area (TPSA) is 101 Å². The molecular formula is C11H14N2O5. The fourth-order valence-corrected chi connectivity index (χ4v) is 1.23. The van der Waals surface area contributed by atoms with Crippen LogP contribution in [-0.2, 0) is 4.74 Å². The lowest BCUT2D eigenvalue weighted by Gasteiger charge is -2.11. The van der Waals surface area contributed by atoms with Gasteiger partial charge in [0, 0.05) is 6.07 Å². The van der Waals surface area contributed by atoms with E-state index in [2.05, 4.69) is 22.2 Å². The second-order valence-electron chi connectivity index (χ2n) is 3.35. The van der Waals surface area contributed by atoms with Crippen molar-refractivity contribution in [3.8, 4) is 5.75 Å². The van der Waals surface area contributed by atoms with E-state index in [1.54, 1.807) is 6.92 Å². The third-order valence-electron chi connectivity index (χ3n) is 1.95. The molecule has 0 saturated heterocycles. The van der Waals surface area contributed by atoms with Gasteiger partial charge in [0.2, 0.25) is 0 Å². The third-order valence-corrected chi connectivity index (χ3v) is 1.95. The largest absolute Gasteiger partial charge is 0.507 e. The van der Waals surface area contributed by atoms with Crippen LogP contribution in [0.25, 0.3) is 5.70 Å². The molecule has 1 rings (SSSR count). The molecule has 98 valence electrons. The molecule has 0 aromatic carbocycles. The van der Waals surface area contributed by atoms with Crippen LogP contribution in [0.5, 0.6) is 5.75 Å². The van der Waals surface area contributed by atoms with Crippen LogP contribution in [0.2, 0.25) is 0 Å². The number of hydrogen-bond donors (Lipinski definition) is 3. The quantitative estimate of drug-likeness (QED) is 0.689. The molecule has 0 radical (unpaired) electrons. The summed E-state index contributed by atoms with van der Waals surface area (Å²) in [7, 11) is 0. The molecule has 1 amide bonds. The molecule has 0 saturated carbocycles. The molecule has 7 heteroatoms. The Morgan fingerprint density at radius 3 is 2.78 bits per heavy atom. The molecule has 0 unspecified atom stereocenters. The number of rotatable bonds is 4. The minimum Gasteiger partial charge on any atom is -0.507 e. The van der Waals surface area contributed by atoms with Gasteiger partial charge in [0.1, 0.15) is 17.1 Å². The molecule has 3 N–H and O–H groups in total. The maximum absolute atomic E-state index is 11.5. The van der Waals surface area contributed by atoms with E-state index in [1.165, 1.54) is 13.0 Å². The zero-order valence-corrected chi connectivity index (χ0v) is 10.1. The number of nitrogens with one attached hydrogen (secondary N) is 2. The molecule has 0 spiro atoms. The van der Waals surface area contributed by atoms with Crippen molar-refractivity contribution in [1.29, 1.82) is 0 Å². The average molecular weight is 254 g/mol. The zero-order chi connectivity index (χ0) is 13.7. The van der Waals surface area contributed by atoms with Gasteiger partial charge in [0.15, 0.2) is 0 Å². The Hall–Kier alpha value is -2.44. The van der Waals surface area contributed by atoms with E-state index in [1.807, 2.05) is 0 Å². The molecule has 1 heterocycles. The number of amides is 1. The molecule has 0 aliphatic rings. The summed E-state index contributed by atoms with van der Waals surface area (Å²) < 4.78 is 9.39. The predicted molar refractivity (Wildman–Crippen MR) is 63.7 cm³/mol. The fraction of sp³-hybridized carbons (Fsp3) is 0.273. The first kappa shape index (κ1) is 13.6. The molecule has 1 aromatic rings. The minimum atomic E-state index is -0.754. The van der Waals surface area contributed by atoms with Gasteiger partial charge in [-0.3, -0.25) is 5.43 Å². The van der Waals surface area contributed by atoms with Gasteiger partial charge in [0.05, 0.1) is 12.3 Å².